The molecule has 0 saturated heterocycles. The third-order valence-electron chi connectivity index (χ3n) is 5.83. The fourth-order valence-corrected chi connectivity index (χ4v) is 4.13. The molecule has 2 aromatic rings. The van der Waals surface area contributed by atoms with Gasteiger partial charge in [0, 0.05) is 51.1 Å². The van der Waals surface area contributed by atoms with Crippen LogP contribution in [0, 0.1) is 5.92 Å². The average molecular weight is 457 g/mol. The second-order valence-corrected chi connectivity index (χ2v) is 8.36. The molecule has 0 bridgehead atoms. The zero-order valence-electron chi connectivity index (χ0n) is 19.9. The molecule has 33 heavy (non-hydrogen) atoms. The predicted octanol–water partition coefficient (Wildman–Crippen LogP) is 3.22. The van der Waals surface area contributed by atoms with Gasteiger partial charge in [0.15, 0.2) is 5.43 Å². The minimum Gasteiger partial charge on any atom is -0.493 e. The Morgan fingerprint density at radius 1 is 1.18 bits per heavy atom. The van der Waals surface area contributed by atoms with Crippen LogP contribution in [0.25, 0.3) is 11.3 Å². The molecule has 1 unspecified atom stereocenters. The van der Waals surface area contributed by atoms with Gasteiger partial charge < -0.3 is 24.1 Å². The van der Waals surface area contributed by atoms with E-state index in [2.05, 4.69) is 19.2 Å². The lowest BCUT2D eigenvalue weighted by atomic mass is 9.86. The fraction of sp³-hybridized carbons (Fsp3) is 0.480. The Hall–Kier alpha value is -3.13. The SMILES string of the molecule is CCOC(=O)c1cn2c(cc1=O)-c1cc(C(=O)NC)c(OCCCOC)cc1CC2C(C)C. The average Bonchev–Trinajstić information content (AvgIpc) is 2.79. The summed E-state index contributed by atoms with van der Waals surface area (Å²) in [7, 11) is 3.20. The highest BCUT2D eigenvalue weighted by Gasteiger charge is 2.30. The van der Waals surface area contributed by atoms with Crippen molar-refractivity contribution in [3.8, 4) is 17.0 Å². The van der Waals surface area contributed by atoms with E-state index in [1.54, 1.807) is 33.3 Å². The standard InChI is InChI=1S/C25H32N2O6/c1-6-32-25(30)19-14-27-20(15(2)3)10-16-11-23(33-9-7-8-31-5)18(24(29)26-4)12-17(16)21(27)13-22(19)28/h11-15,20H,6-10H2,1-5H3,(H,26,29). The lowest BCUT2D eigenvalue weighted by molar-refractivity contribution is 0.0523. The summed E-state index contributed by atoms with van der Waals surface area (Å²) in [5.41, 5.74) is 2.44. The van der Waals surface area contributed by atoms with Gasteiger partial charge in [0.2, 0.25) is 0 Å². The second-order valence-electron chi connectivity index (χ2n) is 8.36. The van der Waals surface area contributed by atoms with Crippen LogP contribution in [0.5, 0.6) is 5.75 Å². The summed E-state index contributed by atoms with van der Waals surface area (Å²) in [6, 6.07) is 5.15. The predicted molar refractivity (Wildman–Crippen MR) is 125 cm³/mol. The number of esters is 1. The fourth-order valence-electron chi connectivity index (χ4n) is 4.13. The third-order valence-corrected chi connectivity index (χ3v) is 5.83. The van der Waals surface area contributed by atoms with Crippen LogP contribution < -0.4 is 15.5 Å². The van der Waals surface area contributed by atoms with Crippen LogP contribution in [0.2, 0.25) is 0 Å². The van der Waals surface area contributed by atoms with Crippen molar-refractivity contribution in [2.24, 2.45) is 5.92 Å². The van der Waals surface area contributed by atoms with Gasteiger partial charge in [-0.15, -0.1) is 0 Å². The number of methoxy groups -OCH3 is 1. The molecule has 178 valence electrons. The van der Waals surface area contributed by atoms with Gasteiger partial charge in [-0.05, 0) is 37.0 Å². The normalized spacial score (nSPS) is 14.4. The first-order valence-electron chi connectivity index (χ1n) is 11.3. The van der Waals surface area contributed by atoms with E-state index in [4.69, 9.17) is 14.2 Å². The minimum absolute atomic E-state index is 0.0133. The number of carbonyl (C=O) groups is 2. The van der Waals surface area contributed by atoms with Crippen LogP contribution in [0.1, 0.15) is 59.5 Å². The van der Waals surface area contributed by atoms with Gasteiger partial charge in [0.25, 0.3) is 5.91 Å². The summed E-state index contributed by atoms with van der Waals surface area (Å²) in [5.74, 6) is -0.163. The van der Waals surface area contributed by atoms with Crippen LogP contribution >= 0.6 is 0 Å². The number of carbonyl (C=O) groups excluding carboxylic acids is 2. The van der Waals surface area contributed by atoms with Crippen molar-refractivity contribution in [1.29, 1.82) is 0 Å². The van der Waals surface area contributed by atoms with Crippen molar-refractivity contribution >= 4 is 11.9 Å². The van der Waals surface area contributed by atoms with E-state index >= 15 is 0 Å². The molecule has 1 atom stereocenters. The van der Waals surface area contributed by atoms with Gasteiger partial charge in [-0.25, -0.2) is 4.79 Å². The first-order chi connectivity index (χ1) is 15.8. The van der Waals surface area contributed by atoms with Gasteiger partial charge >= 0.3 is 5.97 Å². The van der Waals surface area contributed by atoms with Crippen molar-refractivity contribution in [2.45, 2.75) is 39.7 Å². The van der Waals surface area contributed by atoms with Crippen molar-refractivity contribution in [3.63, 3.8) is 0 Å². The molecule has 0 aliphatic carbocycles. The van der Waals surface area contributed by atoms with Crippen LogP contribution in [0.3, 0.4) is 0 Å². The summed E-state index contributed by atoms with van der Waals surface area (Å²) in [5, 5.41) is 2.66. The van der Waals surface area contributed by atoms with E-state index in [-0.39, 0.29) is 30.0 Å². The number of hydrogen-bond acceptors (Lipinski definition) is 6. The Morgan fingerprint density at radius 3 is 2.58 bits per heavy atom. The van der Waals surface area contributed by atoms with Crippen LogP contribution in [0.15, 0.2) is 29.2 Å². The first-order valence-corrected chi connectivity index (χ1v) is 11.3. The molecule has 0 radical (unpaired) electrons. The molecular weight excluding hydrogens is 424 g/mol. The number of amides is 1. The molecule has 0 spiro atoms. The monoisotopic (exact) mass is 456 g/mol. The van der Waals surface area contributed by atoms with E-state index in [1.165, 1.54) is 6.07 Å². The summed E-state index contributed by atoms with van der Waals surface area (Å²) in [6.07, 6.45) is 2.97. The van der Waals surface area contributed by atoms with Crippen molar-refractivity contribution in [3.05, 3.63) is 51.3 Å². The van der Waals surface area contributed by atoms with E-state index in [9.17, 15) is 14.4 Å². The number of nitrogens with zero attached hydrogens (tertiary/aromatic N) is 1. The van der Waals surface area contributed by atoms with E-state index in [0.717, 1.165) is 11.1 Å². The van der Waals surface area contributed by atoms with Crippen LogP contribution in [-0.2, 0) is 15.9 Å². The Balaban J connectivity index is 2.15. The molecule has 8 heteroatoms. The Bertz CT molecular complexity index is 1090. The summed E-state index contributed by atoms with van der Waals surface area (Å²) < 4.78 is 18.1. The molecule has 3 rings (SSSR count). The molecule has 1 aliphatic heterocycles. The molecule has 1 N–H and O–H groups in total. The Kier molecular flexibility index (Phi) is 7.92. The van der Waals surface area contributed by atoms with E-state index in [1.807, 2.05) is 10.6 Å². The van der Waals surface area contributed by atoms with Crippen molar-refractivity contribution < 1.29 is 23.8 Å². The molecule has 1 aromatic carbocycles. The number of rotatable bonds is 9. The second kappa shape index (κ2) is 10.7. The first kappa shape index (κ1) is 24.5. The molecule has 1 amide bonds. The van der Waals surface area contributed by atoms with Crippen molar-refractivity contribution in [2.75, 3.05) is 34.0 Å². The third kappa shape index (κ3) is 5.11. The van der Waals surface area contributed by atoms with Crippen LogP contribution in [-0.4, -0.2) is 50.4 Å². The minimum atomic E-state index is -0.628. The maximum Gasteiger partial charge on any atom is 0.343 e. The van der Waals surface area contributed by atoms with E-state index in [0.29, 0.717) is 43.1 Å². The number of ether oxygens (including phenoxy) is 3. The Morgan fingerprint density at radius 2 is 1.94 bits per heavy atom. The van der Waals surface area contributed by atoms with E-state index < -0.39 is 11.4 Å². The molecule has 1 aliphatic rings. The number of pyridine rings is 1. The Labute approximate surface area is 193 Å². The smallest absolute Gasteiger partial charge is 0.343 e. The largest absolute Gasteiger partial charge is 0.493 e. The number of nitrogens with one attached hydrogen (secondary N) is 1. The highest BCUT2D eigenvalue weighted by atomic mass is 16.5. The van der Waals surface area contributed by atoms with Gasteiger partial charge in [-0.2, -0.15) is 0 Å². The summed E-state index contributed by atoms with van der Waals surface area (Å²) in [6.45, 7) is 7.08. The maximum absolute atomic E-state index is 12.8. The molecule has 0 saturated carbocycles. The summed E-state index contributed by atoms with van der Waals surface area (Å²) in [4.78, 5) is 37.8. The highest BCUT2D eigenvalue weighted by molar-refractivity contribution is 5.98. The molecular formula is C25H32N2O6. The summed E-state index contributed by atoms with van der Waals surface area (Å²) >= 11 is 0. The molecule has 8 nitrogen and oxygen atoms in total. The van der Waals surface area contributed by atoms with Gasteiger partial charge in [0.05, 0.1) is 24.5 Å². The highest BCUT2D eigenvalue weighted by Crippen LogP contribution is 2.40. The van der Waals surface area contributed by atoms with Gasteiger partial charge in [-0.3, -0.25) is 9.59 Å². The maximum atomic E-state index is 12.8. The number of aromatic nitrogens is 1. The van der Waals surface area contributed by atoms with Gasteiger partial charge in [0.1, 0.15) is 11.3 Å². The number of hydrogen-bond donors (Lipinski definition) is 1. The molecule has 1 aromatic heterocycles. The molecule has 0 fully saturated rings. The quantitative estimate of drug-likeness (QED) is 0.460. The lowest BCUT2D eigenvalue weighted by Crippen LogP contribution is -2.29. The van der Waals surface area contributed by atoms with Gasteiger partial charge in [-0.1, -0.05) is 13.8 Å². The number of benzene rings is 1. The number of fused-ring (bicyclic) bond motifs is 3. The lowest BCUT2D eigenvalue weighted by Gasteiger charge is -2.34. The topological polar surface area (TPSA) is 95.9 Å². The van der Waals surface area contributed by atoms with Crippen molar-refractivity contribution in [1.82, 2.24) is 9.88 Å². The van der Waals surface area contributed by atoms with Crippen LogP contribution in [0.4, 0.5) is 0 Å². The molecule has 2 heterocycles. The zero-order chi connectivity index (χ0) is 24.1. The zero-order valence-corrected chi connectivity index (χ0v) is 19.9.